The molecule has 2 heterocycles. The van der Waals surface area contributed by atoms with Gasteiger partial charge in [-0.2, -0.15) is 10.1 Å². The van der Waals surface area contributed by atoms with Crippen LogP contribution in [0.1, 0.15) is 19.9 Å². The van der Waals surface area contributed by atoms with Crippen molar-refractivity contribution in [2.45, 2.75) is 19.9 Å². The number of aromatic nitrogens is 4. The van der Waals surface area contributed by atoms with Gasteiger partial charge >= 0.3 is 0 Å². The molecule has 6 nitrogen and oxygen atoms in total. The summed E-state index contributed by atoms with van der Waals surface area (Å²) in [5, 5.41) is 8.08. The number of nitrogens with one attached hydrogen (secondary N) is 1. The van der Waals surface area contributed by atoms with Gasteiger partial charge in [0.05, 0.1) is 23.3 Å². The number of hydrogen-bond acceptors (Lipinski definition) is 5. The Morgan fingerprint density at radius 1 is 1.19 bits per heavy atom. The van der Waals surface area contributed by atoms with Crippen molar-refractivity contribution in [2.75, 3.05) is 12.4 Å². The Kier molecular flexibility index (Phi) is 3.43. The van der Waals surface area contributed by atoms with E-state index in [1.807, 2.05) is 35.1 Å². The fourth-order valence-electron chi connectivity index (χ4n) is 2.00. The summed E-state index contributed by atoms with van der Waals surface area (Å²) in [6, 6.07) is 8.04. The average Bonchev–Trinajstić information content (AvgIpc) is 2.96. The molecule has 6 heteroatoms. The first-order valence-electron chi connectivity index (χ1n) is 6.84. The second kappa shape index (κ2) is 5.40. The minimum absolute atomic E-state index is 0.289. The molecule has 0 saturated heterocycles. The standard InChI is InChI=1S/C15H17N5O/c1-10(2)20-9-11(8-17-20)21-14-12-6-4-5-7-13(12)18-15(16-3)19-14/h4-10H,1-3H3,(H,16,18,19). The number of ether oxygens (including phenoxy) is 1. The van der Waals surface area contributed by atoms with Crippen LogP contribution in [0.15, 0.2) is 36.7 Å². The fraction of sp³-hybridized carbons (Fsp3) is 0.267. The Balaban J connectivity index is 2.02. The Bertz CT molecular complexity index is 766. The molecule has 0 radical (unpaired) electrons. The third kappa shape index (κ3) is 2.65. The zero-order valence-corrected chi connectivity index (χ0v) is 12.2. The van der Waals surface area contributed by atoms with Gasteiger partial charge in [0.15, 0.2) is 5.75 Å². The third-order valence-electron chi connectivity index (χ3n) is 3.11. The molecule has 0 atom stereocenters. The smallest absolute Gasteiger partial charge is 0.232 e. The summed E-state index contributed by atoms with van der Waals surface area (Å²) in [5.41, 5.74) is 0.836. The molecule has 0 amide bonds. The highest BCUT2D eigenvalue weighted by Gasteiger charge is 2.10. The third-order valence-corrected chi connectivity index (χ3v) is 3.11. The number of benzene rings is 1. The maximum absolute atomic E-state index is 5.89. The number of anilines is 1. The average molecular weight is 283 g/mol. The van der Waals surface area contributed by atoms with Gasteiger partial charge in [0, 0.05) is 13.1 Å². The Hall–Kier alpha value is -2.63. The Morgan fingerprint density at radius 2 is 2.00 bits per heavy atom. The first-order valence-corrected chi connectivity index (χ1v) is 6.84. The van der Waals surface area contributed by atoms with Crippen molar-refractivity contribution in [3.05, 3.63) is 36.7 Å². The Labute approximate surface area is 122 Å². The van der Waals surface area contributed by atoms with Crippen molar-refractivity contribution in [3.63, 3.8) is 0 Å². The number of para-hydroxylation sites is 1. The largest absolute Gasteiger partial charge is 0.435 e. The van der Waals surface area contributed by atoms with Crippen LogP contribution in [0.5, 0.6) is 11.6 Å². The van der Waals surface area contributed by atoms with Gasteiger partial charge in [0.2, 0.25) is 11.8 Å². The maximum atomic E-state index is 5.89. The molecule has 108 valence electrons. The molecule has 0 aliphatic heterocycles. The molecule has 0 aliphatic carbocycles. The van der Waals surface area contributed by atoms with Gasteiger partial charge in [0.1, 0.15) is 0 Å². The summed E-state index contributed by atoms with van der Waals surface area (Å²) in [5.74, 6) is 1.71. The first kappa shape index (κ1) is 13.4. The van der Waals surface area contributed by atoms with E-state index >= 15 is 0 Å². The van der Waals surface area contributed by atoms with Crippen molar-refractivity contribution in [2.24, 2.45) is 0 Å². The van der Waals surface area contributed by atoms with Gasteiger partial charge in [-0.15, -0.1) is 0 Å². The van der Waals surface area contributed by atoms with Gasteiger partial charge in [0.25, 0.3) is 0 Å². The van der Waals surface area contributed by atoms with Crippen molar-refractivity contribution in [1.82, 2.24) is 19.7 Å². The van der Waals surface area contributed by atoms with E-state index in [4.69, 9.17) is 4.74 Å². The van der Waals surface area contributed by atoms with Crippen molar-refractivity contribution in [1.29, 1.82) is 0 Å². The lowest BCUT2D eigenvalue weighted by Crippen LogP contribution is -2.00. The molecule has 0 spiro atoms. The molecular formula is C15H17N5O. The molecule has 0 fully saturated rings. The predicted molar refractivity (Wildman–Crippen MR) is 81.8 cm³/mol. The number of nitrogens with zero attached hydrogens (tertiary/aromatic N) is 4. The van der Waals surface area contributed by atoms with Crippen molar-refractivity contribution in [3.8, 4) is 11.6 Å². The van der Waals surface area contributed by atoms with E-state index in [9.17, 15) is 0 Å². The molecule has 2 aromatic heterocycles. The number of rotatable bonds is 4. The highest BCUT2D eigenvalue weighted by molar-refractivity contribution is 5.84. The monoisotopic (exact) mass is 283 g/mol. The summed E-state index contributed by atoms with van der Waals surface area (Å²) < 4.78 is 7.74. The molecule has 3 rings (SSSR count). The SMILES string of the molecule is CNc1nc(Oc2cnn(C(C)C)c2)c2ccccc2n1. The van der Waals surface area contributed by atoms with E-state index in [0.29, 0.717) is 17.6 Å². The molecule has 0 unspecified atom stereocenters. The lowest BCUT2D eigenvalue weighted by atomic mass is 10.2. The Morgan fingerprint density at radius 3 is 2.71 bits per heavy atom. The van der Waals surface area contributed by atoms with E-state index in [1.165, 1.54) is 0 Å². The summed E-state index contributed by atoms with van der Waals surface area (Å²) in [7, 11) is 1.78. The topological polar surface area (TPSA) is 64.9 Å². The lowest BCUT2D eigenvalue weighted by molar-refractivity contribution is 0.464. The van der Waals surface area contributed by atoms with Crippen LogP contribution in [0.3, 0.4) is 0 Å². The number of fused-ring (bicyclic) bond motifs is 1. The second-order valence-corrected chi connectivity index (χ2v) is 4.97. The van der Waals surface area contributed by atoms with E-state index in [0.717, 1.165) is 10.9 Å². The first-order chi connectivity index (χ1) is 10.2. The van der Waals surface area contributed by atoms with Crippen LogP contribution in [0, 0.1) is 0 Å². The molecule has 3 aromatic rings. The zero-order chi connectivity index (χ0) is 14.8. The van der Waals surface area contributed by atoms with Crippen LogP contribution < -0.4 is 10.1 Å². The summed E-state index contributed by atoms with van der Waals surface area (Å²) in [6.45, 7) is 4.13. The lowest BCUT2D eigenvalue weighted by Gasteiger charge is -2.08. The van der Waals surface area contributed by atoms with Crippen LogP contribution in [0.2, 0.25) is 0 Å². The van der Waals surface area contributed by atoms with Gasteiger partial charge in [-0.3, -0.25) is 4.68 Å². The molecule has 1 aromatic carbocycles. The van der Waals surface area contributed by atoms with Gasteiger partial charge in [-0.05, 0) is 26.0 Å². The van der Waals surface area contributed by atoms with Crippen molar-refractivity contribution < 1.29 is 4.74 Å². The normalized spacial score (nSPS) is 11.0. The van der Waals surface area contributed by atoms with E-state index in [1.54, 1.807) is 13.2 Å². The second-order valence-electron chi connectivity index (χ2n) is 4.97. The molecule has 0 aliphatic rings. The van der Waals surface area contributed by atoms with Gasteiger partial charge < -0.3 is 10.1 Å². The fourth-order valence-corrected chi connectivity index (χ4v) is 2.00. The molecule has 1 N–H and O–H groups in total. The van der Waals surface area contributed by atoms with Crippen LogP contribution in [-0.2, 0) is 0 Å². The predicted octanol–water partition coefficient (Wildman–Crippen LogP) is 3.24. The molecule has 0 bridgehead atoms. The minimum atomic E-state index is 0.289. The van der Waals surface area contributed by atoms with Crippen LogP contribution >= 0.6 is 0 Å². The van der Waals surface area contributed by atoms with Crippen LogP contribution in [0.25, 0.3) is 10.9 Å². The van der Waals surface area contributed by atoms with Gasteiger partial charge in [-0.25, -0.2) is 4.98 Å². The summed E-state index contributed by atoms with van der Waals surface area (Å²) >= 11 is 0. The highest BCUT2D eigenvalue weighted by atomic mass is 16.5. The van der Waals surface area contributed by atoms with E-state index in [2.05, 4.69) is 34.2 Å². The molecule has 21 heavy (non-hydrogen) atoms. The van der Waals surface area contributed by atoms with Crippen LogP contribution in [0.4, 0.5) is 5.95 Å². The zero-order valence-electron chi connectivity index (χ0n) is 12.2. The van der Waals surface area contributed by atoms with Crippen LogP contribution in [-0.4, -0.2) is 26.8 Å². The summed E-state index contributed by atoms with van der Waals surface area (Å²) in [4.78, 5) is 8.79. The molecular weight excluding hydrogens is 266 g/mol. The summed E-state index contributed by atoms with van der Waals surface area (Å²) in [6.07, 6.45) is 3.55. The van der Waals surface area contributed by atoms with Crippen molar-refractivity contribution >= 4 is 16.9 Å². The number of hydrogen-bond donors (Lipinski definition) is 1. The van der Waals surface area contributed by atoms with Gasteiger partial charge in [-0.1, -0.05) is 12.1 Å². The molecule has 0 saturated carbocycles. The van der Waals surface area contributed by atoms with E-state index < -0.39 is 0 Å². The maximum Gasteiger partial charge on any atom is 0.232 e. The highest BCUT2D eigenvalue weighted by Crippen LogP contribution is 2.28. The quantitative estimate of drug-likeness (QED) is 0.796. The van der Waals surface area contributed by atoms with E-state index in [-0.39, 0.29) is 6.04 Å². The minimum Gasteiger partial charge on any atom is -0.435 e.